The Morgan fingerprint density at radius 2 is 2.00 bits per heavy atom. The third-order valence-corrected chi connectivity index (χ3v) is 5.29. The minimum atomic E-state index is -0.302. The fourth-order valence-electron chi connectivity index (χ4n) is 2.67. The van der Waals surface area contributed by atoms with E-state index in [4.69, 9.17) is 16.3 Å². The number of amides is 2. The number of hydrogen-bond donors (Lipinski definition) is 2. The number of carbonyl (C=O) groups is 2. The van der Waals surface area contributed by atoms with E-state index in [2.05, 4.69) is 15.6 Å². The Bertz CT molecular complexity index is 1050. The van der Waals surface area contributed by atoms with Gasteiger partial charge in [-0.1, -0.05) is 24.6 Å². The van der Waals surface area contributed by atoms with Gasteiger partial charge in [0.05, 0.1) is 21.3 Å². The maximum absolute atomic E-state index is 12.6. The SMILES string of the molecule is CCCNC(=O)c1ccc(NC(=O)c2cccc(OCc3csc(C)n3)c2)cc1Cl. The number of aryl methyl sites for hydroxylation is 1. The molecule has 2 amide bonds. The highest BCUT2D eigenvalue weighted by Crippen LogP contribution is 2.22. The molecule has 0 spiro atoms. The third kappa shape index (κ3) is 5.81. The first-order valence-electron chi connectivity index (χ1n) is 9.49. The Labute approximate surface area is 184 Å². The fraction of sp³-hybridized carbons (Fsp3) is 0.227. The summed E-state index contributed by atoms with van der Waals surface area (Å²) >= 11 is 7.79. The van der Waals surface area contributed by atoms with Crippen molar-refractivity contribution in [2.75, 3.05) is 11.9 Å². The number of rotatable bonds is 8. The molecule has 0 aliphatic heterocycles. The second kappa shape index (κ2) is 10.2. The molecule has 3 rings (SSSR count). The van der Waals surface area contributed by atoms with Crippen molar-refractivity contribution in [3.8, 4) is 5.75 Å². The van der Waals surface area contributed by atoms with Gasteiger partial charge in [-0.2, -0.15) is 0 Å². The lowest BCUT2D eigenvalue weighted by atomic mass is 10.1. The topological polar surface area (TPSA) is 80.3 Å². The van der Waals surface area contributed by atoms with Crippen molar-refractivity contribution in [2.24, 2.45) is 0 Å². The first kappa shape index (κ1) is 21.8. The number of carbonyl (C=O) groups excluding carboxylic acids is 2. The monoisotopic (exact) mass is 443 g/mol. The van der Waals surface area contributed by atoms with Crippen molar-refractivity contribution in [3.63, 3.8) is 0 Å². The summed E-state index contributed by atoms with van der Waals surface area (Å²) < 4.78 is 5.74. The highest BCUT2D eigenvalue weighted by molar-refractivity contribution is 7.09. The van der Waals surface area contributed by atoms with Crippen LogP contribution < -0.4 is 15.4 Å². The molecule has 156 valence electrons. The van der Waals surface area contributed by atoms with Crippen LogP contribution in [0.5, 0.6) is 5.75 Å². The summed E-state index contributed by atoms with van der Waals surface area (Å²) in [4.78, 5) is 29.1. The van der Waals surface area contributed by atoms with Gasteiger partial charge >= 0.3 is 0 Å². The van der Waals surface area contributed by atoms with Crippen LogP contribution in [-0.4, -0.2) is 23.3 Å². The van der Waals surface area contributed by atoms with Gasteiger partial charge in [0.2, 0.25) is 0 Å². The molecule has 0 saturated carbocycles. The first-order valence-corrected chi connectivity index (χ1v) is 10.7. The van der Waals surface area contributed by atoms with Gasteiger partial charge in [0.1, 0.15) is 12.4 Å². The van der Waals surface area contributed by atoms with Crippen molar-refractivity contribution in [1.29, 1.82) is 0 Å². The average molecular weight is 444 g/mol. The van der Waals surface area contributed by atoms with Gasteiger partial charge in [-0.15, -0.1) is 11.3 Å². The second-order valence-electron chi connectivity index (χ2n) is 6.58. The molecule has 8 heteroatoms. The summed E-state index contributed by atoms with van der Waals surface area (Å²) in [7, 11) is 0. The quantitative estimate of drug-likeness (QED) is 0.509. The van der Waals surface area contributed by atoms with Crippen molar-refractivity contribution < 1.29 is 14.3 Å². The van der Waals surface area contributed by atoms with Crippen LogP contribution >= 0.6 is 22.9 Å². The van der Waals surface area contributed by atoms with Crippen molar-refractivity contribution >= 4 is 40.4 Å². The van der Waals surface area contributed by atoms with E-state index in [0.29, 0.717) is 35.7 Å². The molecule has 0 unspecified atom stereocenters. The van der Waals surface area contributed by atoms with Crippen LogP contribution in [0.4, 0.5) is 5.69 Å². The normalized spacial score (nSPS) is 10.5. The zero-order valence-electron chi connectivity index (χ0n) is 16.7. The average Bonchev–Trinajstić information content (AvgIpc) is 3.16. The zero-order valence-corrected chi connectivity index (χ0v) is 18.3. The largest absolute Gasteiger partial charge is 0.487 e. The molecule has 2 N–H and O–H groups in total. The Balaban J connectivity index is 1.64. The van der Waals surface area contributed by atoms with Crippen molar-refractivity contribution in [2.45, 2.75) is 26.9 Å². The van der Waals surface area contributed by atoms with Gasteiger partial charge in [-0.3, -0.25) is 9.59 Å². The smallest absolute Gasteiger partial charge is 0.255 e. The summed E-state index contributed by atoms with van der Waals surface area (Å²) in [5.74, 6) is 0.0402. The number of benzene rings is 2. The Kier molecular flexibility index (Phi) is 7.43. The summed E-state index contributed by atoms with van der Waals surface area (Å²) in [5.41, 5.74) is 2.17. The molecular formula is C22H22ClN3O3S. The molecule has 0 atom stereocenters. The maximum Gasteiger partial charge on any atom is 0.255 e. The predicted molar refractivity (Wildman–Crippen MR) is 120 cm³/mol. The van der Waals surface area contributed by atoms with E-state index in [0.717, 1.165) is 17.1 Å². The molecule has 1 heterocycles. The van der Waals surface area contributed by atoms with Crippen LogP contribution in [-0.2, 0) is 6.61 Å². The molecule has 0 aliphatic rings. The number of nitrogens with one attached hydrogen (secondary N) is 2. The number of nitrogens with zero attached hydrogens (tertiary/aromatic N) is 1. The molecule has 0 radical (unpaired) electrons. The fourth-order valence-corrected chi connectivity index (χ4v) is 3.54. The maximum atomic E-state index is 12.6. The number of halogens is 1. The van der Waals surface area contributed by atoms with E-state index in [1.54, 1.807) is 53.8 Å². The Hall–Kier alpha value is -2.90. The zero-order chi connectivity index (χ0) is 21.5. The van der Waals surface area contributed by atoms with E-state index in [9.17, 15) is 9.59 Å². The Morgan fingerprint density at radius 3 is 2.70 bits per heavy atom. The second-order valence-corrected chi connectivity index (χ2v) is 8.05. The van der Waals surface area contributed by atoms with Crippen LogP contribution in [0.1, 0.15) is 44.8 Å². The van der Waals surface area contributed by atoms with Gasteiger partial charge < -0.3 is 15.4 Å². The number of ether oxygens (including phenoxy) is 1. The molecule has 0 aliphatic carbocycles. The lowest BCUT2D eigenvalue weighted by Gasteiger charge is -2.10. The highest BCUT2D eigenvalue weighted by atomic mass is 35.5. The van der Waals surface area contributed by atoms with E-state index < -0.39 is 0 Å². The van der Waals surface area contributed by atoms with Crippen LogP contribution in [0, 0.1) is 6.92 Å². The summed E-state index contributed by atoms with van der Waals surface area (Å²) in [5, 5.41) is 8.77. The number of anilines is 1. The van der Waals surface area contributed by atoms with E-state index in [1.165, 1.54) is 0 Å². The van der Waals surface area contributed by atoms with Gasteiger partial charge in [0, 0.05) is 23.2 Å². The lowest BCUT2D eigenvalue weighted by molar-refractivity contribution is 0.0953. The molecular weight excluding hydrogens is 422 g/mol. The van der Waals surface area contributed by atoms with Gasteiger partial charge in [-0.05, 0) is 49.7 Å². The molecule has 0 saturated heterocycles. The molecule has 1 aromatic heterocycles. The van der Waals surface area contributed by atoms with E-state index in [1.807, 2.05) is 19.2 Å². The van der Waals surface area contributed by atoms with Crippen molar-refractivity contribution in [3.05, 3.63) is 74.7 Å². The summed E-state index contributed by atoms with van der Waals surface area (Å²) in [6.45, 7) is 4.83. The van der Waals surface area contributed by atoms with Crippen LogP contribution in [0.25, 0.3) is 0 Å². The van der Waals surface area contributed by atoms with Gasteiger partial charge in [-0.25, -0.2) is 4.98 Å². The highest BCUT2D eigenvalue weighted by Gasteiger charge is 2.13. The summed E-state index contributed by atoms with van der Waals surface area (Å²) in [6, 6.07) is 11.7. The van der Waals surface area contributed by atoms with Crippen molar-refractivity contribution in [1.82, 2.24) is 10.3 Å². The molecule has 0 fully saturated rings. The van der Waals surface area contributed by atoms with Crippen LogP contribution in [0.2, 0.25) is 5.02 Å². The molecule has 0 bridgehead atoms. The standard InChI is InChI=1S/C22H22ClN3O3S/c1-3-9-24-22(28)19-8-7-16(11-20(19)23)26-21(27)15-5-4-6-18(10-15)29-12-17-13-30-14(2)25-17/h4-8,10-11,13H,3,9,12H2,1-2H3,(H,24,28)(H,26,27). The first-order chi connectivity index (χ1) is 14.5. The van der Waals surface area contributed by atoms with E-state index in [-0.39, 0.29) is 16.8 Å². The lowest BCUT2D eigenvalue weighted by Crippen LogP contribution is -2.24. The number of aromatic nitrogens is 1. The number of thiazole rings is 1. The van der Waals surface area contributed by atoms with Crippen LogP contribution in [0.15, 0.2) is 47.8 Å². The minimum Gasteiger partial charge on any atom is -0.487 e. The van der Waals surface area contributed by atoms with Gasteiger partial charge in [0.15, 0.2) is 0 Å². The Morgan fingerprint density at radius 1 is 1.17 bits per heavy atom. The molecule has 2 aromatic carbocycles. The minimum absolute atomic E-state index is 0.236. The molecule has 3 aromatic rings. The third-order valence-electron chi connectivity index (χ3n) is 4.16. The van der Waals surface area contributed by atoms with E-state index >= 15 is 0 Å². The molecule has 30 heavy (non-hydrogen) atoms. The van der Waals surface area contributed by atoms with Crippen LogP contribution in [0.3, 0.4) is 0 Å². The predicted octanol–water partition coefficient (Wildman–Crippen LogP) is 5.08. The molecule has 6 nitrogen and oxygen atoms in total. The van der Waals surface area contributed by atoms with Gasteiger partial charge in [0.25, 0.3) is 11.8 Å². The number of hydrogen-bond acceptors (Lipinski definition) is 5. The summed E-state index contributed by atoms with van der Waals surface area (Å²) in [6.07, 6.45) is 0.837.